The Morgan fingerprint density at radius 2 is 1.96 bits per heavy atom. The monoisotopic (exact) mass is 348 g/mol. The lowest BCUT2D eigenvalue weighted by atomic mass is 10.1. The van der Waals surface area contributed by atoms with Gasteiger partial charge < -0.3 is 15.0 Å². The van der Waals surface area contributed by atoms with Crippen molar-refractivity contribution in [2.75, 3.05) is 20.7 Å². The van der Waals surface area contributed by atoms with Crippen LogP contribution in [0.5, 0.6) is 5.75 Å². The molecule has 0 bridgehead atoms. The van der Waals surface area contributed by atoms with Gasteiger partial charge in [0.15, 0.2) is 5.11 Å². The summed E-state index contributed by atoms with van der Waals surface area (Å²) < 4.78 is 5.37. The van der Waals surface area contributed by atoms with E-state index in [1.54, 1.807) is 7.11 Å². The van der Waals surface area contributed by atoms with E-state index in [2.05, 4.69) is 17.4 Å². The van der Waals surface area contributed by atoms with Gasteiger partial charge >= 0.3 is 0 Å². The molecule has 5 heteroatoms. The topological polar surface area (TPSA) is 24.5 Å². The molecule has 0 aliphatic heterocycles. The average molecular weight is 349 g/mol. The van der Waals surface area contributed by atoms with Crippen molar-refractivity contribution in [2.45, 2.75) is 13.0 Å². The maximum atomic E-state index is 6.07. The number of thiocarbonyl (C=S) groups is 1. The highest BCUT2D eigenvalue weighted by molar-refractivity contribution is 7.80. The molecule has 0 saturated carbocycles. The Balaban J connectivity index is 1.86. The number of benzene rings is 2. The minimum absolute atomic E-state index is 0.640. The van der Waals surface area contributed by atoms with Gasteiger partial charge in [0, 0.05) is 30.7 Å². The Morgan fingerprint density at radius 1 is 1.22 bits per heavy atom. The van der Waals surface area contributed by atoms with E-state index in [0.717, 1.165) is 24.3 Å². The van der Waals surface area contributed by atoms with Crippen LogP contribution in [0.3, 0.4) is 0 Å². The van der Waals surface area contributed by atoms with Crippen molar-refractivity contribution >= 4 is 28.9 Å². The Kier molecular flexibility index (Phi) is 6.68. The van der Waals surface area contributed by atoms with Crippen LogP contribution in [0, 0.1) is 0 Å². The van der Waals surface area contributed by atoms with Gasteiger partial charge in [-0.3, -0.25) is 0 Å². The number of nitrogens with one attached hydrogen (secondary N) is 1. The van der Waals surface area contributed by atoms with Crippen LogP contribution < -0.4 is 10.1 Å². The molecule has 3 nitrogen and oxygen atoms in total. The maximum absolute atomic E-state index is 6.07. The van der Waals surface area contributed by atoms with Gasteiger partial charge in [0.25, 0.3) is 0 Å². The van der Waals surface area contributed by atoms with Gasteiger partial charge in [-0.1, -0.05) is 41.9 Å². The molecule has 23 heavy (non-hydrogen) atoms. The molecule has 0 amide bonds. The molecule has 0 radical (unpaired) electrons. The Labute approximate surface area is 148 Å². The van der Waals surface area contributed by atoms with Crippen LogP contribution in [0.4, 0.5) is 0 Å². The van der Waals surface area contributed by atoms with E-state index in [-0.39, 0.29) is 0 Å². The van der Waals surface area contributed by atoms with E-state index < -0.39 is 0 Å². The normalized spacial score (nSPS) is 10.2. The zero-order valence-corrected chi connectivity index (χ0v) is 15.0. The molecular weight excluding hydrogens is 328 g/mol. The second kappa shape index (κ2) is 8.75. The summed E-state index contributed by atoms with van der Waals surface area (Å²) in [5.41, 5.74) is 2.30. The number of rotatable bonds is 6. The van der Waals surface area contributed by atoms with E-state index in [1.165, 1.54) is 5.56 Å². The van der Waals surface area contributed by atoms with E-state index in [9.17, 15) is 0 Å². The lowest BCUT2D eigenvalue weighted by molar-refractivity contribution is 0.397. The number of methoxy groups -OCH3 is 1. The first-order valence-corrected chi connectivity index (χ1v) is 8.24. The second-order valence-corrected chi connectivity index (χ2v) is 6.10. The smallest absolute Gasteiger partial charge is 0.168 e. The largest absolute Gasteiger partial charge is 0.496 e. The van der Waals surface area contributed by atoms with E-state index in [0.29, 0.717) is 16.7 Å². The highest BCUT2D eigenvalue weighted by Crippen LogP contribution is 2.23. The number of hydrogen-bond acceptors (Lipinski definition) is 2. The second-order valence-electron chi connectivity index (χ2n) is 5.28. The molecule has 0 aromatic heterocycles. The predicted molar refractivity (Wildman–Crippen MR) is 100 cm³/mol. The third-order valence-electron chi connectivity index (χ3n) is 3.53. The predicted octanol–water partition coefficient (Wildman–Crippen LogP) is 3.90. The molecular formula is C18H21ClN2OS. The first kappa shape index (κ1) is 17.6. The molecule has 0 spiro atoms. The lowest BCUT2D eigenvalue weighted by Crippen LogP contribution is -2.37. The molecule has 0 aliphatic rings. The summed E-state index contributed by atoms with van der Waals surface area (Å²) in [5, 5.41) is 4.69. The zero-order chi connectivity index (χ0) is 16.7. The lowest BCUT2D eigenvalue weighted by Gasteiger charge is -2.22. The van der Waals surface area contributed by atoms with E-state index >= 15 is 0 Å². The summed E-state index contributed by atoms with van der Waals surface area (Å²) in [6.45, 7) is 1.45. The molecule has 0 unspecified atom stereocenters. The van der Waals surface area contributed by atoms with Gasteiger partial charge in [0.1, 0.15) is 5.75 Å². The number of halogens is 1. The van der Waals surface area contributed by atoms with E-state index in [4.69, 9.17) is 28.6 Å². The maximum Gasteiger partial charge on any atom is 0.168 e. The highest BCUT2D eigenvalue weighted by Gasteiger charge is 2.09. The van der Waals surface area contributed by atoms with Gasteiger partial charge in [-0.05, 0) is 42.4 Å². The summed E-state index contributed by atoms with van der Waals surface area (Å²) in [6, 6.07) is 15.9. The van der Waals surface area contributed by atoms with Gasteiger partial charge in [0.2, 0.25) is 0 Å². The molecule has 2 aromatic carbocycles. The first-order valence-electron chi connectivity index (χ1n) is 7.45. The standard InChI is InChI=1S/C18H21ClN2OS/c1-21(13-15-12-16(19)8-9-17(15)22-2)18(23)20-11-10-14-6-4-3-5-7-14/h3-9,12H,10-11,13H2,1-2H3,(H,20,23). The fraction of sp³-hybridized carbons (Fsp3) is 0.278. The van der Waals surface area contributed by atoms with Crippen LogP contribution in [-0.2, 0) is 13.0 Å². The van der Waals surface area contributed by atoms with Crippen LogP contribution in [0.15, 0.2) is 48.5 Å². The zero-order valence-electron chi connectivity index (χ0n) is 13.4. The quantitative estimate of drug-likeness (QED) is 0.800. The van der Waals surface area contributed by atoms with Crippen molar-refractivity contribution in [3.05, 3.63) is 64.7 Å². The van der Waals surface area contributed by atoms with Gasteiger partial charge in [0.05, 0.1) is 7.11 Å². The third kappa shape index (κ3) is 5.41. The molecule has 0 aliphatic carbocycles. The summed E-state index contributed by atoms with van der Waals surface area (Å²) >= 11 is 11.5. The number of hydrogen-bond donors (Lipinski definition) is 1. The van der Waals surface area contributed by atoms with Crippen molar-refractivity contribution in [1.29, 1.82) is 0 Å². The van der Waals surface area contributed by atoms with Crippen LogP contribution in [0.25, 0.3) is 0 Å². The molecule has 122 valence electrons. The Hall–Kier alpha value is -1.78. The first-order chi connectivity index (χ1) is 11.1. The van der Waals surface area contributed by atoms with Crippen LogP contribution in [0.1, 0.15) is 11.1 Å². The van der Waals surface area contributed by atoms with Crippen molar-refractivity contribution in [3.8, 4) is 5.75 Å². The molecule has 2 aromatic rings. The van der Waals surface area contributed by atoms with Crippen molar-refractivity contribution < 1.29 is 4.74 Å². The minimum Gasteiger partial charge on any atom is -0.496 e. The summed E-state index contributed by atoms with van der Waals surface area (Å²) in [4.78, 5) is 1.98. The van der Waals surface area contributed by atoms with Crippen LogP contribution in [-0.4, -0.2) is 30.7 Å². The minimum atomic E-state index is 0.640. The van der Waals surface area contributed by atoms with Crippen molar-refractivity contribution in [1.82, 2.24) is 10.2 Å². The van der Waals surface area contributed by atoms with Crippen molar-refractivity contribution in [3.63, 3.8) is 0 Å². The van der Waals surface area contributed by atoms with Gasteiger partial charge in [-0.15, -0.1) is 0 Å². The fourth-order valence-electron chi connectivity index (χ4n) is 2.29. The summed E-state index contributed by atoms with van der Waals surface area (Å²) in [6.07, 6.45) is 0.940. The summed E-state index contributed by atoms with van der Waals surface area (Å²) in [7, 11) is 3.61. The molecule has 2 rings (SSSR count). The van der Waals surface area contributed by atoms with Crippen LogP contribution in [0.2, 0.25) is 5.02 Å². The molecule has 1 N–H and O–H groups in total. The Morgan fingerprint density at radius 3 is 2.65 bits per heavy atom. The Bertz CT molecular complexity index is 649. The molecule has 0 heterocycles. The molecule has 0 atom stereocenters. The third-order valence-corrected chi connectivity index (χ3v) is 4.22. The SMILES string of the molecule is COc1ccc(Cl)cc1CN(C)C(=S)NCCc1ccccc1. The fourth-order valence-corrected chi connectivity index (χ4v) is 2.65. The number of ether oxygens (including phenoxy) is 1. The van der Waals surface area contributed by atoms with Gasteiger partial charge in [-0.25, -0.2) is 0 Å². The number of nitrogens with zero attached hydrogens (tertiary/aromatic N) is 1. The van der Waals surface area contributed by atoms with Gasteiger partial charge in [-0.2, -0.15) is 0 Å². The average Bonchev–Trinajstić information content (AvgIpc) is 2.56. The van der Waals surface area contributed by atoms with Crippen molar-refractivity contribution in [2.24, 2.45) is 0 Å². The van der Waals surface area contributed by atoms with E-state index in [1.807, 2.05) is 48.3 Å². The molecule has 0 saturated heterocycles. The molecule has 0 fully saturated rings. The highest BCUT2D eigenvalue weighted by atomic mass is 35.5. The van der Waals surface area contributed by atoms with Crippen LogP contribution >= 0.6 is 23.8 Å². The summed E-state index contributed by atoms with van der Waals surface area (Å²) in [5.74, 6) is 0.813.